The topological polar surface area (TPSA) is 73.6 Å². The molecule has 1 N–H and O–H groups in total. The van der Waals surface area contributed by atoms with Crippen molar-refractivity contribution < 1.29 is 18.8 Å². The third-order valence-corrected chi connectivity index (χ3v) is 4.48. The van der Waals surface area contributed by atoms with E-state index in [9.17, 15) is 4.79 Å². The van der Waals surface area contributed by atoms with Crippen LogP contribution in [0, 0.1) is 6.92 Å². The minimum Gasteiger partial charge on any atom is -0.493 e. The fraction of sp³-hybridized carbons (Fsp3) is 0.474. The zero-order chi connectivity index (χ0) is 17.8. The summed E-state index contributed by atoms with van der Waals surface area (Å²) < 4.78 is 16.5. The van der Waals surface area contributed by atoms with Crippen LogP contribution in [0.1, 0.15) is 60.5 Å². The van der Waals surface area contributed by atoms with Crippen LogP contribution in [0.4, 0.5) is 0 Å². The standard InChI is InChI=1S/C19H24N2O4/c1-12-10-18(25-21-12)19(22)20-13(2)14-8-9-16(17(11-14)23-3)24-15-6-4-5-7-15/h8-11,13,15H,4-7H2,1-3H3,(H,20,22)/t13-/m1/s1. The Hall–Kier alpha value is -2.50. The molecular formula is C19H24N2O4. The fourth-order valence-electron chi connectivity index (χ4n) is 3.06. The first-order chi connectivity index (χ1) is 12.1. The Morgan fingerprint density at radius 3 is 2.68 bits per heavy atom. The summed E-state index contributed by atoms with van der Waals surface area (Å²) >= 11 is 0. The van der Waals surface area contributed by atoms with Gasteiger partial charge in [-0.15, -0.1) is 0 Å². The van der Waals surface area contributed by atoms with Crippen LogP contribution >= 0.6 is 0 Å². The number of rotatable bonds is 6. The number of nitrogens with zero attached hydrogens (tertiary/aromatic N) is 1. The molecule has 0 radical (unpaired) electrons. The van der Waals surface area contributed by atoms with E-state index in [0.29, 0.717) is 11.4 Å². The second kappa shape index (κ2) is 7.59. The van der Waals surface area contributed by atoms with Crippen molar-refractivity contribution in [2.45, 2.75) is 51.7 Å². The molecule has 1 aromatic carbocycles. The quantitative estimate of drug-likeness (QED) is 0.863. The minimum absolute atomic E-state index is 0.202. The number of aryl methyl sites for hydroxylation is 1. The number of amides is 1. The first kappa shape index (κ1) is 17.3. The molecule has 1 atom stereocenters. The van der Waals surface area contributed by atoms with Gasteiger partial charge in [0, 0.05) is 6.07 Å². The van der Waals surface area contributed by atoms with Gasteiger partial charge in [-0.25, -0.2) is 0 Å². The maximum Gasteiger partial charge on any atom is 0.290 e. The lowest BCUT2D eigenvalue weighted by Crippen LogP contribution is -2.26. The molecule has 1 saturated carbocycles. The average molecular weight is 344 g/mol. The first-order valence-electron chi connectivity index (χ1n) is 8.65. The summed E-state index contributed by atoms with van der Waals surface area (Å²) in [5.74, 6) is 1.35. The van der Waals surface area contributed by atoms with Crippen molar-refractivity contribution in [3.05, 3.63) is 41.3 Å². The van der Waals surface area contributed by atoms with Crippen LogP contribution in [0.25, 0.3) is 0 Å². The highest BCUT2D eigenvalue weighted by Crippen LogP contribution is 2.33. The van der Waals surface area contributed by atoms with Crippen LogP contribution in [0.5, 0.6) is 11.5 Å². The molecule has 6 nitrogen and oxygen atoms in total. The number of benzene rings is 1. The Morgan fingerprint density at radius 2 is 2.04 bits per heavy atom. The summed E-state index contributed by atoms with van der Waals surface area (Å²) in [6.45, 7) is 3.69. The van der Waals surface area contributed by atoms with Crippen LogP contribution in [-0.2, 0) is 0 Å². The summed E-state index contributed by atoms with van der Waals surface area (Å²) in [4.78, 5) is 12.2. The van der Waals surface area contributed by atoms with E-state index in [-0.39, 0.29) is 23.8 Å². The molecule has 0 aliphatic heterocycles. The molecule has 0 unspecified atom stereocenters. The number of carbonyl (C=O) groups is 1. The number of hydrogen-bond donors (Lipinski definition) is 1. The van der Waals surface area contributed by atoms with Gasteiger partial charge in [0.2, 0.25) is 5.76 Å². The Bertz CT molecular complexity index is 735. The summed E-state index contributed by atoms with van der Waals surface area (Å²) in [6, 6.07) is 7.17. The van der Waals surface area contributed by atoms with E-state index in [2.05, 4.69) is 10.5 Å². The van der Waals surface area contributed by atoms with Gasteiger partial charge in [-0.2, -0.15) is 0 Å². The lowest BCUT2D eigenvalue weighted by atomic mass is 10.1. The highest BCUT2D eigenvalue weighted by molar-refractivity contribution is 5.91. The first-order valence-corrected chi connectivity index (χ1v) is 8.65. The van der Waals surface area contributed by atoms with E-state index in [1.807, 2.05) is 25.1 Å². The highest BCUT2D eigenvalue weighted by Gasteiger charge is 2.20. The third-order valence-electron chi connectivity index (χ3n) is 4.48. The number of carbonyl (C=O) groups excluding carboxylic acids is 1. The summed E-state index contributed by atoms with van der Waals surface area (Å²) in [6.07, 6.45) is 4.89. The van der Waals surface area contributed by atoms with Crippen LogP contribution in [-0.4, -0.2) is 24.3 Å². The van der Waals surface area contributed by atoms with Gasteiger partial charge in [-0.05, 0) is 57.2 Å². The zero-order valence-electron chi connectivity index (χ0n) is 14.9. The molecule has 25 heavy (non-hydrogen) atoms. The van der Waals surface area contributed by atoms with Gasteiger partial charge in [0.15, 0.2) is 11.5 Å². The molecule has 3 rings (SSSR count). The van der Waals surface area contributed by atoms with Gasteiger partial charge in [0.25, 0.3) is 5.91 Å². The predicted molar refractivity (Wildman–Crippen MR) is 93.0 cm³/mol. The Labute approximate surface area is 147 Å². The van der Waals surface area contributed by atoms with Crippen molar-refractivity contribution >= 4 is 5.91 Å². The second-order valence-electron chi connectivity index (χ2n) is 6.46. The predicted octanol–water partition coefficient (Wildman–Crippen LogP) is 3.80. The van der Waals surface area contributed by atoms with Gasteiger partial charge in [0.1, 0.15) is 0 Å². The summed E-state index contributed by atoms with van der Waals surface area (Å²) in [5, 5.41) is 6.63. The second-order valence-corrected chi connectivity index (χ2v) is 6.46. The zero-order valence-corrected chi connectivity index (χ0v) is 14.9. The van der Waals surface area contributed by atoms with Crippen LogP contribution in [0.15, 0.2) is 28.8 Å². The van der Waals surface area contributed by atoms with E-state index in [1.54, 1.807) is 20.1 Å². The van der Waals surface area contributed by atoms with Crippen molar-refractivity contribution in [2.24, 2.45) is 0 Å². The molecule has 2 aromatic rings. The molecule has 1 aliphatic rings. The molecule has 1 fully saturated rings. The van der Waals surface area contributed by atoms with E-state index < -0.39 is 0 Å². The van der Waals surface area contributed by atoms with Gasteiger partial charge in [-0.1, -0.05) is 11.2 Å². The van der Waals surface area contributed by atoms with Crippen molar-refractivity contribution in [3.8, 4) is 11.5 Å². The van der Waals surface area contributed by atoms with E-state index in [0.717, 1.165) is 24.2 Å². The smallest absolute Gasteiger partial charge is 0.290 e. The lowest BCUT2D eigenvalue weighted by molar-refractivity contribution is 0.0902. The SMILES string of the molecule is COc1cc([C@@H](C)NC(=O)c2cc(C)no2)ccc1OC1CCCC1. The molecule has 1 aliphatic carbocycles. The summed E-state index contributed by atoms with van der Waals surface area (Å²) in [5.41, 5.74) is 1.60. The van der Waals surface area contributed by atoms with Crippen molar-refractivity contribution in [2.75, 3.05) is 7.11 Å². The molecule has 0 saturated heterocycles. The Kier molecular flexibility index (Phi) is 5.26. The van der Waals surface area contributed by atoms with Gasteiger partial charge >= 0.3 is 0 Å². The van der Waals surface area contributed by atoms with Gasteiger partial charge in [-0.3, -0.25) is 4.79 Å². The number of aromatic nitrogens is 1. The number of methoxy groups -OCH3 is 1. The maximum atomic E-state index is 12.2. The van der Waals surface area contributed by atoms with Crippen molar-refractivity contribution in [1.29, 1.82) is 0 Å². The largest absolute Gasteiger partial charge is 0.493 e. The van der Waals surface area contributed by atoms with E-state index in [1.165, 1.54) is 12.8 Å². The van der Waals surface area contributed by atoms with Crippen LogP contribution < -0.4 is 14.8 Å². The molecule has 6 heteroatoms. The molecule has 0 spiro atoms. The number of hydrogen-bond acceptors (Lipinski definition) is 5. The molecule has 1 aromatic heterocycles. The number of ether oxygens (including phenoxy) is 2. The number of nitrogens with one attached hydrogen (secondary N) is 1. The Morgan fingerprint density at radius 1 is 1.28 bits per heavy atom. The fourth-order valence-corrected chi connectivity index (χ4v) is 3.06. The Balaban J connectivity index is 1.69. The molecule has 1 heterocycles. The normalized spacial score (nSPS) is 15.8. The minimum atomic E-state index is -0.293. The monoisotopic (exact) mass is 344 g/mol. The lowest BCUT2D eigenvalue weighted by Gasteiger charge is -2.19. The molecular weight excluding hydrogens is 320 g/mol. The van der Waals surface area contributed by atoms with Crippen LogP contribution in [0.2, 0.25) is 0 Å². The van der Waals surface area contributed by atoms with E-state index >= 15 is 0 Å². The summed E-state index contributed by atoms with van der Waals surface area (Å²) in [7, 11) is 1.63. The molecule has 0 bridgehead atoms. The van der Waals surface area contributed by atoms with Crippen molar-refractivity contribution in [3.63, 3.8) is 0 Å². The van der Waals surface area contributed by atoms with Gasteiger partial charge in [0.05, 0.1) is 24.9 Å². The average Bonchev–Trinajstić information content (AvgIpc) is 3.26. The van der Waals surface area contributed by atoms with Crippen molar-refractivity contribution in [1.82, 2.24) is 10.5 Å². The molecule has 134 valence electrons. The van der Waals surface area contributed by atoms with Crippen LogP contribution in [0.3, 0.4) is 0 Å². The van der Waals surface area contributed by atoms with E-state index in [4.69, 9.17) is 14.0 Å². The maximum absolute atomic E-state index is 12.2. The third kappa shape index (κ3) is 4.13. The highest BCUT2D eigenvalue weighted by atomic mass is 16.5. The molecule has 1 amide bonds. The van der Waals surface area contributed by atoms with Gasteiger partial charge < -0.3 is 19.3 Å².